The van der Waals surface area contributed by atoms with E-state index in [1.54, 1.807) is 0 Å². The van der Waals surface area contributed by atoms with E-state index in [0.29, 0.717) is 12.4 Å². The van der Waals surface area contributed by atoms with Crippen LogP contribution in [0.4, 0.5) is 0 Å². The van der Waals surface area contributed by atoms with Gasteiger partial charge in [-0.2, -0.15) is 4.98 Å². The highest BCUT2D eigenvalue weighted by molar-refractivity contribution is 5.74. The van der Waals surface area contributed by atoms with Gasteiger partial charge in [-0.05, 0) is 19.2 Å². The molecule has 2 aromatic heterocycles. The van der Waals surface area contributed by atoms with Gasteiger partial charge in [0.15, 0.2) is 5.82 Å². The molecule has 3 heterocycles. The molecule has 0 amide bonds. The molecule has 1 fully saturated rings. The molecule has 3 aromatic rings. The van der Waals surface area contributed by atoms with Gasteiger partial charge in [0, 0.05) is 19.6 Å². The average Bonchev–Trinajstić information content (AvgIpc) is 3.16. The number of imidazole rings is 1. The number of hydrogen-bond donors (Lipinski definition) is 1. The van der Waals surface area contributed by atoms with Gasteiger partial charge in [0.2, 0.25) is 5.89 Å². The van der Waals surface area contributed by atoms with Gasteiger partial charge in [-0.1, -0.05) is 17.3 Å². The van der Waals surface area contributed by atoms with Crippen LogP contribution in [0, 0.1) is 0 Å². The summed E-state index contributed by atoms with van der Waals surface area (Å²) in [5.41, 5.74) is 2.04. The van der Waals surface area contributed by atoms with E-state index in [9.17, 15) is 0 Å². The zero-order valence-electron chi connectivity index (χ0n) is 12.4. The first-order valence-corrected chi connectivity index (χ1v) is 7.44. The smallest absolute Gasteiger partial charge is 0.246 e. The van der Waals surface area contributed by atoms with Crippen molar-refractivity contribution in [2.75, 3.05) is 26.7 Å². The molecule has 1 N–H and O–H groups in total. The molecule has 1 atom stereocenters. The minimum Gasteiger partial charge on any atom is -0.337 e. The number of benzene rings is 1. The largest absolute Gasteiger partial charge is 0.337 e. The Morgan fingerprint density at radius 1 is 1.36 bits per heavy atom. The number of para-hydroxylation sites is 2. The Kier molecular flexibility index (Phi) is 3.36. The number of rotatable bonds is 3. The molecule has 1 unspecified atom stereocenters. The summed E-state index contributed by atoms with van der Waals surface area (Å²) in [5.74, 6) is 1.35. The molecule has 0 spiro atoms. The van der Waals surface area contributed by atoms with Crippen LogP contribution in [0.5, 0.6) is 0 Å². The maximum absolute atomic E-state index is 5.42. The van der Waals surface area contributed by atoms with Crippen molar-refractivity contribution >= 4 is 11.0 Å². The van der Waals surface area contributed by atoms with Gasteiger partial charge in [0.05, 0.1) is 23.4 Å². The molecule has 7 nitrogen and oxygen atoms in total. The standard InChI is InChI=1S/C15H18N6O/c1-20-7-6-16-8-13(20)15-18-14(22-19-15)9-21-10-17-11-4-2-3-5-12(11)21/h2-5,10,13,16H,6-9H2,1H3. The van der Waals surface area contributed by atoms with Crippen LogP contribution in [0.3, 0.4) is 0 Å². The highest BCUT2D eigenvalue weighted by atomic mass is 16.5. The first kappa shape index (κ1) is 13.4. The fraction of sp³-hybridized carbons (Fsp3) is 0.400. The van der Waals surface area contributed by atoms with E-state index in [1.165, 1.54) is 0 Å². The van der Waals surface area contributed by atoms with Crippen molar-refractivity contribution in [1.82, 2.24) is 29.9 Å². The van der Waals surface area contributed by atoms with Crippen LogP contribution in [0.2, 0.25) is 0 Å². The maximum Gasteiger partial charge on any atom is 0.246 e. The molecule has 7 heteroatoms. The molecule has 0 saturated carbocycles. The molecule has 0 aliphatic carbocycles. The number of hydrogen-bond acceptors (Lipinski definition) is 6. The molecule has 4 rings (SSSR count). The zero-order chi connectivity index (χ0) is 14.9. The molecule has 0 bridgehead atoms. The fourth-order valence-corrected chi connectivity index (χ4v) is 2.84. The second kappa shape index (κ2) is 5.51. The van der Waals surface area contributed by atoms with Crippen molar-refractivity contribution in [3.8, 4) is 0 Å². The topological polar surface area (TPSA) is 72.0 Å². The van der Waals surface area contributed by atoms with Gasteiger partial charge in [-0.3, -0.25) is 4.90 Å². The van der Waals surface area contributed by atoms with E-state index in [0.717, 1.165) is 36.5 Å². The van der Waals surface area contributed by atoms with Crippen LogP contribution >= 0.6 is 0 Å². The zero-order valence-corrected chi connectivity index (χ0v) is 12.4. The number of nitrogens with one attached hydrogen (secondary N) is 1. The molecule has 1 aliphatic heterocycles. The monoisotopic (exact) mass is 298 g/mol. The predicted octanol–water partition coefficient (Wildman–Crippen LogP) is 1.04. The Balaban J connectivity index is 1.57. The first-order chi connectivity index (χ1) is 10.8. The molecule has 1 aromatic carbocycles. The Morgan fingerprint density at radius 2 is 2.27 bits per heavy atom. The van der Waals surface area contributed by atoms with Gasteiger partial charge in [0.25, 0.3) is 0 Å². The summed E-state index contributed by atoms with van der Waals surface area (Å²) < 4.78 is 7.45. The van der Waals surface area contributed by atoms with Crippen molar-refractivity contribution in [1.29, 1.82) is 0 Å². The Morgan fingerprint density at radius 3 is 3.18 bits per heavy atom. The Hall–Kier alpha value is -2.25. The normalized spacial score (nSPS) is 19.8. The van der Waals surface area contributed by atoms with Gasteiger partial charge in [0.1, 0.15) is 6.54 Å². The van der Waals surface area contributed by atoms with E-state index in [4.69, 9.17) is 4.52 Å². The van der Waals surface area contributed by atoms with Crippen LogP contribution in [0.15, 0.2) is 35.1 Å². The minimum atomic E-state index is 0.172. The average molecular weight is 298 g/mol. The quantitative estimate of drug-likeness (QED) is 0.779. The predicted molar refractivity (Wildman–Crippen MR) is 81.4 cm³/mol. The first-order valence-electron chi connectivity index (χ1n) is 7.44. The summed E-state index contributed by atoms with van der Waals surface area (Å²) in [6.07, 6.45) is 1.81. The number of piperazine rings is 1. The molecule has 22 heavy (non-hydrogen) atoms. The van der Waals surface area contributed by atoms with E-state index in [2.05, 4.69) is 32.4 Å². The molecule has 1 saturated heterocycles. The van der Waals surface area contributed by atoms with Crippen LogP contribution in [-0.2, 0) is 6.54 Å². The van der Waals surface area contributed by atoms with Crippen LogP contribution < -0.4 is 5.32 Å². The van der Waals surface area contributed by atoms with Gasteiger partial charge >= 0.3 is 0 Å². The van der Waals surface area contributed by atoms with Crippen molar-refractivity contribution < 1.29 is 4.52 Å². The third-order valence-corrected chi connectivity index (χ3v) is 4.13. The number of likely N-dealkylation sites (N-methyl/N-ethyl adjacent to an activating group) is 1. The van der Waals surface area contributed by atoms with E-state index in [-0.39, 0.29) is 6.04 Å². The van der Waals surface area contributed by atoms with Crippen molar-refractivity contribution in [3.63, 3.8) is 0 Å². The lowest BCUT2D eigenvalue weighted by Gasteiger charge is -2.30. The maximum atomic E-state index is 5.42. The lowest BCUT2D eigenvalue weighted by molar-refractivity contribution is 0.190. The summed E-state index contributed by atoms with van der Waals surface area (Å²) in [6.45, 7) is 3.38. The highest BCUT2D eigenvalue weighted by Crippen LogP contribution is 2.19. The number of aromatic nitrogens is 4. The summed E-state index contributed by atoms with van der Waals surface area (Å²) in [6, 6.07) is 8.19. The van der Waals surface area contributed by atoms with Crippen molar-refractivity contribution in [2.24, 2.45) is 0 Å². The second-order valence-electron chi connectivity index (χ2n) is 5.61. The highest BCUT2D eigenvalue weighted by Gasteiger charge is 2.25. The lowest BCUT2D eigenvalue weighted by atomic mass is 10.2. The van der Waals surface area contributed by atoms with E-state index >= 15 is 0 Å². The fourth-order valence-electron chi connectivity index (χ4n) is 2.84. The van der Waals surface area contributed by atoms with Crippen LogP contribution in [0.25, 0.3) is 11.0 Å². The molecular weight excluding hydrogens is 280 g/mol. The lowest BCUT2D eigenvalue weighted by Crippen LogP contribution is -2.44. The van der Waals surface area contributed by atoms with Gasteiger partial charge in [-0.15, -0.1) is 0 Å². The summed E-state index contributed by atoms with van der Waals surface area (Å²) in [7, 11) is 2.09. The van der Waals surface area contributed by atoms with E-state index in [1.807, 2.05) is 35.2 Å². The summed E-state index contributed by atoms with van der Waals surface area (Å²) in [5, 5.41) is 7.51. The molecule has 1 aliphatic rings. The SMILES string of the molecule is CN1CCNCC1c1noc(Cn2cnc3ccccc32)n1. The number of nitrogens with zero attached hydrogens (tertiary/aromatic N) is 5. The summed E-state index contributed by atoms with van der Waals surface area (Å²) in [4.78, 5) is 11.2. The van der Waals surface area contributed by atoms with Gasteiger partial charge in [-0.25, -0.2) is 4.98 Å². The third kappa shape index (κ3) is 2.38. The van der Waals surface area contributed by atoms with E-state index < -0.39 is 0 Å². The minimum absolute atomic E-state index is 0.172. The van der Waals surface area contributed by atoms with Crippen molar-refractivity contribution in [3.05, 3.63) is 42.3 Å². The molecular formula is C15H18N6O. The summed E-state index contributed by atoms with van der Waals surface area (Å²) >= 11 is 0. The second-order valence-corrected chi connectivity index (χ2v) is 5.61. The van der Waals surface area contributed by atoms with Crippen molar-refractivity contribution in [2.45, 2.75) is 12.6 Å². The van der Waals surface area contributed by atoms with Crippen LogP contribution in [-0.4, -0.2) is 51.3 Å². The number of fused-ring (bicyclic) bond motifs is 1. The molecule has 0 radical (unpaired) electrons. The van der Waals surface area contributed by atoms with Crippen LogP contribution in [0.1, 0.15) is 17.8 Å². The Bertz CT molecular complexity index is 779. The molecule has 114 valence electrons. The Labute approximate surface area is 127 Å². The van der Waals surface area contributed by atoms with Gasteiger partial charge < -0.3 is 14.4 Å². The third-order valence-electron chi connectivity index (χ3n) is 4.13.